The van der Waals surface area contributed by atoms with Crippen LogP contribution in [0.25, 0.3) is 0 Å². The first-order valence-corrected chi connectivity index (χ1v) is 15.1. The first kappa shape index (κ1) is 27.4. The monoisotopic (exact) mass is 544 g/mol. The van der Waals surface area contributed by atoms with Crippen LogP contribution in [0.3, 0.4) is 0 Å². The zero-order valence-electron chi connectivity index (χ0n) is 22.5. The first-order chi connectivity index (χ1) is 18.4. The average molecular weight is 545 g/mol. The molecular formula is C28H40N4O5S. The van der Waals surface area contributed by atoms with Crippen molar-refractivity contribution < 1.29 is 23.9 Å². The van der Waals surface area contributed by atoms with Gasteiger partial charge in [-0.15, -0.1) is 0 Å². The predicted octanol–water partition coefficient (Wildman–Crippen LogP) is 1.74. The first-order valence-electron chi connectivity index (χ1n) is 13.8. The third-order valence-electron chi connectivity index (χ3n) is 8.85. The van der Waals surface area contributed by atoms with Gasteiger partial charge in [0.25, 0.3) is 0 Å². The van der Waals surface area contributed by atoms with Gasteiger partial charge in [-0.1, -0.05) is 12.8 Å². The number of ether oxygens (including phenoxy) is 2. The Hall–Kier alpha value is -2.14. The Kier molecular flexibility index (Phi) is 8.62. The molecule has 3 saturated heterocycles. The van der Waals surface area contributed by atoms with Crippen LogP contribution in [0, 0.1) is 5.92 Å². The van der Waals surface area contributed by atoms with Gasteiger partial charge in [0.05, 0.1) is 23.9 Å². The molecule has 4 fully saturated rings. The number of ketones is 1. The second-order valence-electron chi connectivity index (χ2n) is 10.9. The minimum Gasteiger partial charge on any atom is -0.383 e. The standard InChI is InChI=1S/C28H40N4O5S/c1-36-14-13-30-9-11-31(12-10-30)19-7-8-20(27(29)34)21(15-19)24(18-5-3-4-6-18)28(35)32-16-23(38-2)26-25(32)22(33)17-37-26/h7-8,15,18,23-26H,3-6,9-14,16-17H2,1-2H3,(H2,29,34)/t23-,24-,25+,26+/m0/s1. The second kappa shape index (κ2) is 11.9. The molecule has 0 radical (unpaired) electrons. The highest BCUT2D eigenvalue weighted by atomic mass is 32.2. The lowest BCUT2D eigenvalue weighted by Crippen LogP contribution is -2.47. The van der Waals surface area contributed by atoms with Gasteiger partial charge in [0.15, 0.2) is 5.78 Å². The van der Waals surface area contributed by atoms with Gasteiger partial charge in [-0.2, -0.15) is 11.8 Å². The molecule has 4 aliphatic rings. The number of hydrogen-bond donors (Lipinski definition) is 1. The SMILES string of the molecule is COCCN1CCN(c2ccc(C(N)=O)c([C@@H](C(=O)N3C[C@H](SC)[C@H]4OCC(=O)[C@H]43)C3CCCC3)c2)CC1. The summed E-state index contributed by atoms with van der Waals surface area (Å²) >= 11 is 1.64. The summed E-state index contributed by atoms with van der Waals surface area (Å²) in [5.41, 5.74) is 8.00. The van der Waals surface area contributed by atoms with E-state index in [0.717, 1.165) is 64.1 Å². The summed E-state index contributed by atoms with van der Waals surface area (Å²) in [5.74, 6) is -0.997. The van der Waals surface area contributed by atoms with Crippen molar-refractivity contribution in [3.05, 3.63) is 29.3 Å². The molecule has 1 aliphatic carbocycles. The summed E-state index contributed by atoms with van der Waals surface area (Å²) < 4.78 is 11.0. The highest BCUT2D eigenvalue weighted by molar-refractivity contribution is 7.99. The van der Waals surface area contributed by atoms with Crippen molar-refractivity contribution in [2.75, 3.05) is 70.7 Å². The Morgan fingerprint density at radius 1 is 1.18 bits per heavy atom. The van der Waals surface area contributed by atoms with E-state index in [1.165, 1.54) is 0 Å². The molecule has 5 rings (SSSR count). The highest BCUT2D eigenvalue weighted by Crippen LogP contribution is 2.43. The van der Waals surface area contributed by atoms with Crippen LogP contribution in [-0.4, -0.2) is 111 Å². The molecule has 4 atom stereocenters. The van der Waals surface area contributed by atoms with E-state index in [1.807, 2.05) is 18.4 Å². The minimum absolute atomic E-state index is 0.0275. The van der Waals surface area contributed by atoms with E-state index in [1.54, 1.807) is 29.8 Å². The van der Waals surface area contributed by atoms with Crippen molar-refractivity contribution in [1.82, 2.24) is 9.80 Å². The zero-order valence-corrected chi connectivity index (χ0v) is 23.3. The molecule has 1 aromatic carbocycles. The van der Waals surface area contributed by atoms with Crippen LogP contribution in [0.15, 0.2) is 18.2 Å². The molecule has 2 amide bonds. The maximum absolute atomic E-state index is 14.4. The van der Waals surface area contributed by atoms with Gasteiger partial charge < -0.3 is 25.0 Å². The van der Waals surface area contributed by atoms with Crippen molar-refractivity contribution >= 4 is 35.0 Å². The molecule has 1 saturated carbocycles. The third-order valence-corrected chi connectivity index (χ3v) is 9.87. The fourth-order valence-electron chi connectivity index (χ4n) is 6.78. The van der Waals surface area contributed by atoms with Crippen molar-refractivity contribution in [2.45, 2.75) is 49.0 Å². The largest absolute Gasteiger partial charge is 0.383 e. The van der Waals surface area contributed by atoms with Crippen LogP contribution in [0.1, 0.15) is 47.5 Å². The van der Waals surface area contributed by atoms with E-state index in [2.05, 4.69) is 9.80 Å². The van der Waals surface area contributed by atoms with Crippen LogP contribution in [0.4, 0.5) is 5.69 Å². The maximum atomic E-state index is 14.4. The lowest BCUT2D eigenvalue weighted by atomic mass is 9.80. The van der Waals surface area contributed by atoms with Crippen LogP contribution in [0.5, 0.6) is 0 Å². The van der Waals surface area contributed by atoms with Gasteiger partial charge in [-0.3, -0.25) is 19.3 Å². The number of fused-ring (bicyclic) bond motifs is 1. The number of methoxy groups -OCH3 is 1. The van der Waals surface area contributed by atoms with Gasteiger partial charge in [-0.25, -0.2) is 0 Å². The average Bonchev–Trinajstić information content (AvgIpc) is 3.67. The van der Waals surface area contributed by atoms with E-state index in [0.29, 0.717) is 24.3 Å². The highest BCUT2D eigenvalue weighted by Gasteiger charge is 2.53. The number of carbonyl (C=O) groups excluding carboxylic acids is 3. The van der Waals surface area contributed by atoms with Crippen molar-refractivity contribution in [1.29, 1.82) is 0 Å². The summed E-state index contributed by atoms with van der Waals surface area (Å²) in [7, 11) is 1.72. The summed E-state index contributed by atoms with van der Waals surface area (Å²) in [6, 6.07) is 5.23. The summed E-state index contributed by atoms with van der Waals surface area (Å²) in [5, 5.41) is 0.0657. The number of likely N-dealkylation sites (tertiary alicyclic amines) is 1. The molecule has 10 heteroatoms. The molecule has 3 aliphatic heterocycles. The number of piperazine rings is 1. The lowest BCUT2D eigenvalue weighted by molar-refractivity contribution is -0.138. The van der Waals surface area contributed by atoms with Crippen molar-refractivity contribution in [2.24, 2.45) is 11.7 Å². The van der Waals surface area contributed by atoms with E-state index < -0.39 is 17.9 Å². The van der Waals surface area contributed by atoms with E-state index in [-0.39, 0.29) is 35.6 Å². The Morgan fingerprint density at radius 3 is 2.58 bits per heavy atom. The Bertz CT molecular complexity index is 1040. The van der Waals surface area contributed by atoms with E-state index >= 15 is 0 Å². The Balaban J connectivity index is 1.46. The number of amides is 2. The van der Waals surface area contributed by atoms with Gasteiger partial charge in [0, 0.05) is 57.6 Å². The zero-order chi connectivity index (χ0) is 26.8. The molecule has 2 N–H and O–H groups in total. The molecule has 208 valence electrons. The molecule has 9 nitrogen and oxygen atoms in total. The molecule has 0 bridgehead atoms. The number of carbonyl (C=O) groups is 3. The number of nitrogens with two attached hydrogens (primary N) is 1. The maximum Gasteiger partial charge on any atom is 0.249 e. The van der Waals surface area contributed by atoms with Crippen LogP contribution in [-0.2, 0) is 19.1 Å². The number of thioether (sulfide) groups is 1. The molecule has 0 unspecified atom stereocenters. The van der Waals surface area contributed by atoms with Crippen LogP contribution in [0.2, 0.25) is 0 Å². The molecular weight excluding hydrogens is 504 g/mol. The van der Waals surface area contributed by atoms with Gasteiger partial charge in [0.1, 0.15) is 12.6 Å². The number of benzene rings is 1. The lowest BCUT2D eigenvalue weighted by Gasteiger charge is -2.37. The van der Waals surface area contributed by atoms with Gasteiger partial charge in [-0.05, 0) is 48.8 Å². The Morgan fingerprint density at radius 2 is 1.92 bits per heavy atom. The van der Waals surface area contributed by atoms with Crippen molar-refractivity contribution in [3.63, 3.8) is 0 Å². The van der Waals surface area contributed by atoms with Gasteiger partial charge in [0.2, 0.25) is 11.8 Å². The van der Waals surface area contributed by atoms with Crippen LogP contribution < -0.4 is 10.6 Å². The fourth-order valence-corrected chi connectivity index (χ4v) is 7.59. The number of Topliss-reactive ketones (excluding diaryl/α,β-unsaturated/α-hetero) is 1. The molecule has 1 aromatic rings. The number of primary amides is 1. The minimum atomic E-state index is -0.538. The normalized spacial score (nSPS) is 27.2. The Labute approximate surface area is 229 Å². The fraction of sp³-hybridized carbons (Fsp3) is 0.679. The summed E-state index contributed by atoms with van der Waals surface area (Å²) in [6.45, 7) is 5.74. The quantitative estimate of drug-likeness (QED) is 0.501. The predicted molar refractivity (Wildman–Crippen MR) is 148 cm³/mol. The van der Waals surface area contributed by atoms with Crippen LogP contribution >= 0.6 is 11.8 Å². The topological polar surface area (TPSA) is 105 Å². The third kappa shape index (κ3) is 5.33. The van der Waals surface area contributed by atoms with E-state index in [9.17, 15) is 14.4 Å². The number of anilines is 1. The second-order valence-corrected chi connectivity index (χ2v) is 12.0. The number of hydrogen-bond acceptors (Lipinski definition) is 8. The smallest absolute Gasteiger partial charge is 0.249 e. The summed E-state index contributed by atoms with van der Waals surface area (Å²) in [4.78, 5) is 46.3. The number of rotatable bonds is 9. The number of nitrogens with zero attached hydrogens (tertiary/aromatic N) is 3. The summed E-state index contributed by atoms with van der Waals surface area (Å²) in [6.07, 6.45) is 5.71. The van der Waals surface area contributed by atoms with Crippen molar-refractivity contribution in [3.8, 4) is 0 Å². The molecule has 3 heterocycles. The molecule has 38 heavy (non-hydrogen) atoms. The molecule has 0 spiro atoms. The molecule has 0 aromatic heterocycles. The van der Waals surface area contributed by atoms with E-state index in [4.69, 9.17) is 15.2 Å². The van der Waals surface area contributed by atoms with Gasteiger partial charge >= 0.3 is 0 Å².